The maximum atomic E-state index is 12.8. The lowest BCUT2D eigenvalue weighted by molar-refractivity contribution is -0.122. The van der Waals surface area contributed by atoms with Crippen LogP contribution in [0.2, 0.25) is 5.02 Å². The summed E-state index contributed by atoms with van der Waals surface area (Å²) in [6.45, 7) is 0. The SMILES string of the molecule is O=C1NC(=S)N(c2ccc(Cl)cc2)C(=O)/C1=C/c1cc(Br)c(O)cc1O. The Morgan fingerprint density at radius 1 is 1.12 bits per heavy atom. The molecule has 1 aliphatic heterocycles. The molecule has 1 saturated heterocycles. The second-order valence-corrected chi connectivity index (χ2v) is 6.97. The van der Waals surface area contributed by atoms with Crippen LogP contribution in [0.15, 0.2) is 46.4 Å². The van der Waals surface area contributed by atoms with Crippen molar-refractivity contribution in [1.29, 1.82) is 0 Å². The summed E-state index contributed by atoms with van der Waals surface area (Å²) in [6, 6.07) is 8.86. The first-order valence-electron chi connectivity index (χ1n) is 7.16. The topological polar surface area (TPSA) is 89.9 Å². The van der Waals surface area contributed by atoms with Crippen LogP contribution in [0.1, 0.15) is 5.56 Å². The van der Waals surface area contributed by atoms with Crippen molar-refractivity contribution in [3.8, 4) is 11.5 Å². The molecule has 1 aliphatic rings. The van der Waals surface area contributed by atoms with Gasteiger partial charge in [-0.2, -0.15) is 0 Å². The van der Waals surface area contributed by atoms with Gasteiger partial charge in [0.25, 0.3) is 11.8 Å². The van der Waals surface area contributed by atoms with Gasteiger partial charge < -0.3 is 10.2 Å². The predicted octanol–water partition coefficient (Wildman–Crippen LogP) is 3.35. The van der Waals surface area contributed by atoms with Gasteiger partial charge in [0.05, 0.1) is 10.2 Å². The van der Waals surface area contributed by atoms with Gasteiger partial charge >= 0.3 is 0 Å². The number of carbonyl (C=O) groups excluding carboxylic acids is 2. The number of halogens is 2. The van der Waals surface area contributed by atoms with Crippen molar-refractivity contribution in [1.82, 2.24) is 5.32 Å². The fraction of sp³-hybridized carbons (Fsp3) is 0. The molecule has 0 unspecified atom stereocenters. The predicted molar refractivity (Wildman–Crippen MR) is 105 cm³/mol. The van der Waals surface area contributed by atoms with E-state index in [1.54, 1.807) is 24.3 Å². The first kappa shape index (κ1) is 18.4. The molecule has 0 aromatic heterocycles. The van der Waals surface area contributed by atoms with Crippen molar-refractivity contribution >= 4 is 68.4 Å². The normalized spacial score (nSPS) is 16.2. The van der Waals surface area contributed by atoms with E-state index in [0.717, 1.165) is 11.0 Å². The molecule has 3 N–H and O–H groups in total. The van der Waals surface area contributed by atoms with Crippen LogP contribution in [0.25, 0.3) is 6.08 Å². The minimum Gasteiger partial charge on any atom is -0.507 e. The number of amides is 2. The molecule has 0 bridgehead atoms. The number of phenols is 2. The summed E-state index contributed by atoms with van der Waals surface area (Å²) in [5, 5.41) is 22.4. The van der Waals surface area contributed by atoms with Crippen LogP contribution in [0.4, 0.5) is 5.69 Å². The minimum atomic E-state index is -0.686. The molecule has 1 fully saturated rings. The molecule has 0 atom stereocenters. The number of benzene rings is 2. The van der Waals surface area contributed by atoms with Crippen LogP contribution in [-0.2, 0) is 9.59 Å². The third-order valence-corrected chi connectivity index (χ3v) is 4.75. The smallest absolute Gasteiger partial charge is 0.270 e. The second kappa shape index (κ2) is 7.06. The van der Waals surface area contributed by atoms with E-state index in [-0.39, 0.29) is 27.7 Å². The average molecular weight is 454 g/mol. The molecular formula is C17H10BrClN2O4S. The molecule has 6 nitrogen and oxygen atoms in total. The lowest BCUT2D eigenvalue weighted by Gasteiger charge is -2.29. The quantitative estimate of drug-likeness (QED) is 0.369. The van der Waals surface area contributed by atoms with Crippen molar-refractivity contribution in [3.05, 3.63) is 57.0 Å². The number of hydrogen-bond acceptors (Lipinski definition) is 5. The van der Waals surface area contributed by atoms with Gasteiger partial charge in [0.15, 0.2) is 5.11 Å². The van der Waals surface area contributed by atoms with E-state index in [4.69, 9.17) is 23.8 Å². The van der Waals surface area contributed by atoms with Crippen molar-refractivity contribution in [2.24, 2.45) is 0 Å². The lowest BCUT2D eigenvalue weighted by Crippen LogP contribution is -2.54. The Morgan fingerprint density at radius 2 is 1.77 bits per heavy atom. The average Bonchev–Trinajstić information content (AvgIpc) is 2.57. The first-order chi connectivity index (χ1) is 12.3. The van der Waals surface area contributed by atoms with Gasteiger partial charge in [-0.3, -0.25) is 19.8 Å². The Kier molecular flexibility index (Phi) is 4.99. The van der Waals surface area contributed by atoms with E-state index in [0.29, 0.717) is 15.2 Å². The van der Waals surface area contributed by atoms with Crippen LogP contribution in [-0.4, -0.2) is 27.1 Å². The highest BCUT2D eigenvalue weighted by Gasteiger charge is 2.34. The van der Waals surface area contributed by atoms with Crippen molar-refractivity contribution in [2.45, 2.75) is 0 Å². The molecule has 2 amide bonds. The van der Waals surface area contributed by atoms with Gasteiger partial charge in [-0.25, -0.2) is 0 Å². The van der Waals surface area contributed by atoms with Crippen molar-refractivity contribution < 1.29 is 19.8 Å². The van der Waals surface area contributed by atoms with Gasteiger partial charge in [0.1, 0.15) is 17.1 Å². The Labute approximate surface area is 166 Å². The monoisotopic (exact) mass is 452 g/mol. The number of hydrogen-bond donors (Lipinski definition) is 3. The Hall–Kier alpha value is -2.42. The second-order valence-electron chi connectivity index (χ2n) is 5.30. The zero-order chi connectivity index (χ0) is 19.0. The highest BCUT2D eigenvalue weighted by molar-refractivity contribution is 9.10. The maximum Gasteiger partial charge on any atom is 0.270 e. The molecule has 0 saturated carbocycles. The number of thiocarbonyl (C=S) groups is 1. The summed E-state index contributed by atoms with van der Waals surface area (Å²) in [4.78, 5) is 26.2. The number of carbonyl (C=O) groups is 2. The summed E-state index contributed by atoms with van der Waals surface area (Å²) in [7, 11) is 0. The Morgan fingerprint density at radius 3 is 2.42 bits per heavy atom. The van der Waals surface area contributed by atoms with E-state index in [1.165, 1.54) is 12.1 Å². The number of aromatic hydroxyl groups is 2. The molecule has 2 aromatic carbocycles. The van der Waals surface area contributed by atoms with E-state index < -0.39 is 11.8 Å². The van der Waals surface area contributed by atoms with Gasteiger partial charge in [0, 0.05) is 16.7 Å². The van der Waals surface area contributed by atoms with Crippen LogP contribution in [0.5, 0.6) is 11.5 Å². The molecular weight excluding hydrogens is 444 g/mol. The fourth-order valence-corrected chi connectivity index (χ4v) is 3.09. The number of phenolic OH excluding ortho intramolecular Hbond substituents is 2. The van der Waals surface area contributed by atoms with Gasteiger partial charge in [0.2, 0.25) is 0 Å². The van der Waals surface area contributed by atoms with Crippen LogP contribution in [0, 0.1) is 0 Å². The summed E-state index contributed by atoms with van der Waals surface area (Å²) < 4.78 is 0.302. The zero-order valence-corrected chi connectivity index (χ0v) is 16.0. The van der Waals surface area contributed by atoms with E-state index in [2.05, 4.69) is 21.2 Å². The summed E-state index contributed by atoms with van der Waals surface area (Å²) in [6.07, 6.45) is 1.22. The molecule has 1 heterocycles. The summed E-state index contributed by atoms with van der Waals surface area (Å²) in [5.41, 5.74) is 0.393. The highest BCUT2D eigenvalue weighted by Crippen LogP contribution is 2.33. The van der Waals surface area contributed by atoms with Gasteiger partial charge in [-0.05, 0) is 64.6 Å². The molecule has 132 valence electrons. The van der Waals surface area contributed by atoms with Gasteiger partial charge in [-0.15, -0.1) is 0 Å². The lowest BCUT2D eigenvalue weighted by atomic mass is 10.1. The van der Waals surface area contributed by atoms with Crippen LogP contribution < -0.4 is 10.2 Å². The van der Waals surface area contributed by atoms with Crippen LogP contribution >= 0.6 is 39.7 Å². The number of rotatable bonds is 2. The zero-order valence-electron chi connectivity index (χ0n) is 12.9. The Balaban J connectivity index is 2.05. The number of nitrogens with one attached hydrogen (secondary N) is 1. The summed E-state index contributed by atoms with van der Waals surface area (Å²) >= 11 is 14.1. The molecule has 3 rings (SSSR count). The highest BCUT2D eigenvalue weighted by atomic mass is 79.9. The van der Waals surface area contributed by atoms with E-state index >= 15 is 0 Å². The third kappa shape index (κ3) is 3.44. The Bertz CT molecular complexity index is 975. The molecule has 0 spiro atoms. The minimum absolute atomic E-state index is 0.0596. The molecule has 0 radical (unpaired) electrons. The fourth-order valence-electron chi connectivity index (χ4n) is 2.32. The summed E-state index contributed by atoms with van der Waals surface area (Å²) in [5.74, 6) is -1.79. The van der Waals surface area contributed by atoms with Crippen molar-refractivity contribution in [3.63, 3.8) is 0 Å². The van der Waals surface area contributed by atoms with E-state index in [1.807, 2.05) is 0 Å². The van der Waals surface area contributed by atoms with Crippen LogP contribution in [0.3, 0.4) is 0 Å². The third-order valence-electron chi connectivity index (χ3n) is 3.58. The molecule has 9 heteroatoms. The molecule has 0 aliphatic carbocycles. The molecule has 2 aromatic rings. The van der Waals surface area contributed by atoms with E-state index in [9.17, 15) is 19.8 Å². The number of nitrogens with zero attached hydrogens (tertiary/aromatic N) is 1. The standard InChI is InChI=1S/C17H10BrClN2O4S/c18-12-6-8(13(22)7-14(12)23)5-11-15(24)20-17(26)21(16(11)25)10-3-1-9(19)2-4-10/h1-7,22-23H,(H,20,24,26)/b11-5+. The first-order valence-corrected chi connectivity index (χ1v) is 8.74. The number of anilines is 1. The molecule has 26 heavy (non-hydrogen) atoms. The largest absolute Gasteiger partial charge is 0.507 e. The van der Waals surface area contributed by atoms with Crippen molar-refractivity contribution in [2.75, 3.05) is 4.90 Å². The van der Waals surface area contributed by atoms with Gasteiger partial charge in [-0.1, -0.05) is 11.6 Å². The maximum absolute atomic E-state index is 12.8.